The van der Waals surface area contributed by atoms with Crippen LogP contribution in [0.2, 0.25) is 0 Å². The molecule has 1 N–H and O–H groups in total. The summed E-state index contributed by atoms with van der Waals surface area (Å²) in [6.07, 6.45) is 8.91. The topological polar surface area (TPSA) is 55.6 Å². The third kappa shape index (κ3) is 2.25. The van der Waals surface area contributed by atoms with Crippen molar-refractivity contribution >= 4 is 0 Å². The number of rotatable bonds is 4. The molecule has 0 aliphatic heterocycles. The van der Waals surface area contributed by atoms with E-state index in [1.807, 2.05) is 17.8 Å². The summed E-state index contributed by atoms with van der Waals surface area (Å²) in [6.45, 7) is 2.92. The first kappa shape index (κ1) is 10.8. The molecule has 2 heterocycles. The zero-order chi connectivity index (χ0) is 11.4. The van der Waals surface area contributed by atoms with Crippen LogP contribution in [-0.2, 0) is 7.05 Å². The third-order valence-electron chi connectivity index (χ3n) is 2.31. The van der Waals surface area contributed by atoms with Crippen LogP contribution in [0.4, 0.5) is 0 Å². The van der Waals surface area contributed by atoms with E-state index >= 15 is 0 Å². The van der Waals surface area contributed by atoms with Gasteiger partial charge in [0, 0.05) is 25.6 Å². The minimum atomic E-state index is 0.0138. The standard InChI is InChI=1S/C11H15N5/c1-3-13-11(9-6-12-4-5-14-9)10-7-16(2)8-15-10/h4-8,11,13H,3H2,1-2H3. The summed E-state index contributed by atoms with van der Waals surface area (Å²) in [5, 5.41) is 3.35. The number of hydrogen-bond acceptors (Lipinski definition) is 4. The Kier molecular flexibility index (Phi) is 3.26. The predicted molar refractivity (Wildman–Crippen MR) is 60.8 cm³/mol. The van der Waals surface area contributed by atoms with Crippen molar-refractivity contribution in [2.24, 2.45) is 7.05 Å². The number of nitrogens with one attached hydrogen (secondary N) is 1. The van der Waals surface area contributed by atoms with Crippen LogP contribution in [0.25, 0.3) is 0 Å². The summed E-state index contributed by atoms with van der Waals surface area (Å²) in [7, 11) is 1.95. The van der Waals surface area contributed by atoms with Crippen LogP contribution in [0.15, 0.2) is 31.1 Å². The third-order valence-corrected chi connectivity index (χ3v) is 2.31. The molecule has 0 saturated carbocycles. The van der Waals surface area contributed by atoms with Crippen LogP contribution in [0.3, 0.4) is 0 Å². The lowest BCUT2D eigenvalue weighted by molar-refractivity contribution is 0.600. The summed E-state index contributed by atoms with van der Waals surface area (Å²) in [5.74, 6) is 0. The molecule has 5 heteroatoms. The van der Waals surface area contributed by atoms with Crippen LogP contribution in [0.5, 0.6) is 0 Å². The monoisotopic (exact) mass is 217 g/mol. The maximum absolute atomic E-state index is 4.34. The highest BCUT2D eigenvalue weighted by Gasteiger charge is 2.16. The maximum Gasteiger partial charge on any atom is 0.0956 e. The average Bonchev–Trinajstić information content (AvgIpc) is 2.74. The van der Waals surface area contributed by atoms with Gasteiger partial charge in [-0.05, 0) is 6.54 Å². The summed E-state index contributed by atoms with van der Waals surface area (Å²) in [4.78, 5) is 12.7. The molecular weight excluding hydrogens is 202 g/mol. The lowest BCUT2D eigenvalue weighted by Gasteiger charge is -2.14. The highest BCUT2D eigenvalue weighted by Crippen LogP contribution is 2.16. The van der Waals surface area contributed by atoms with Crippen molar-refractivity contribution in [3.05, 3.63) is 42.5 Å². The summed E-state index contributed by atoms with van der Waals surface area (Å²) in [5.41, 5.74) is 1.85. The first-order chi connectivity index (χ1) is 7.81. The molecule has 16 heavy (non-hydrogen) atoms. The van der Waals surface area contributed by atoms with Gasteiger partial charge < -0.3 is 9.88 Å². The van der Waals surface area contributed by atoms with Crippen LogP contribution in [0.1, 0.15) is 24.4 Å². The van der Waals surface area contributed by atoms with Crippen LogP contribution >= 0.6 is 0 Å². The molecule has 0 fully saturated rings. The van der Waals surface area contributed by atoms with Gasteiger partial charge in [-0.25, -0.2) is 4.98 Å². The summed E-state index contributed by atoms with van der Waals surface area (Å²) < 4.78 is 1.93. The van der Waals surface area contributed by atoms with Gasteiger partial charge in [0.2, 0.25) is 0 Å². The van der Waals surface area contributed by atoms with Gasteiger partial charge in [0.05, 0.1) is 30.0 Å². The van der Waals surface area contributed by atoms with E-state index in [2.05, 4.69) is 27.2 Å². The normalized spacial score (nSPS) is 12.6. The Morgan fingerprint density at radius 1 is 1.31 bits per heavy atom. The van der Waals surface area contributed by atoms with E-state index in [1.54, 1.807) is 24.9 Å². The average molecular weight is 217 g/mol. The molecule has 0 bridgehead atoms. The fourth-order valence-corrected chi connectivity index (χ4v) is 1.61. The molecule has 2 aromatic heterocycles. The second kappa shape index (κ2) is 4.85. The zero-order valence-corrected chi connectivity index (χ0v) is 9.46. The zero-order valence-electron chi connectivity index (χ0n) is 9.46. The molecule has 2 rings (SSSR count). The highest BCUT2D eigenvalue weighted by molar-refractivity contribution is 5.17. The van der Waals surface area contributed by atoms with Crippen molar-refractivity contribution in [1.82, 2.24) is 24.8 Å². The van der Waals surface area contributed by atoms with Crippen LogP contribution in [0, 0.1) is 0 Å². The van der Waals surface area contributed by atoms with Crippen molar-refractivity contribution in [1.29, 1.82) is 0 Å². The lowest BCUT2D eigenvalue weighted by atomic mass is 10.1. The number of hydrogen-bond donors (Lipinski definition) is 1. The Bertz CT molecular complexity index is 437. The predicted octanol–water partition coefficient (Wildman–Crippen LogP) is 0.909. The SMILES string of the molecule is CCNC(c1cnccn1)c1cn(C)cn1. The molecule has 1 atom stereocenters. The van der Waals surface area contributed by atoms with Gasteiger partial charge in [-0.15, -0.1) is 0 Å². The molecule has 1 unspecified atom stereocenters. The second-order valence-electron chi connectivity index (χ2n) is 3.58. The number of aryl methyl sites for hydroxylation is 1. The minimum Gasteiger partial charge on any atom is -0.340 e. The minimum absolute atomic E-state index is 0.0138. The van der Waals surface area contributed by atoms with Gasteiger partial charge in [-0.1, -0.05) is 6.92 Å². The highest BCUT2D eigenvalue weighted by atomic mass is 15.0. The van der Waals surface area contributed by atoms with Crippen molar-refractivity contribution in [3.63, 3.8) is 0 Å². The van der Waals surface area contributed by atoms with Gasteiger partial charge in [-0.3, -0.25) is 9.97 Å². The van der Waals surface area contributed by atoms with Crippen molar-refractivity contribution in [2.45, 2.75) is 13.0 Å². The summed E-state index contributed by atoms with van der Waals surface area (Å²) >= 11 is 0. The number of imidazole rings is 1. The second-order valence-corrected chi connectivity index (χ2v) is 3.58. The molecule has 0 spiro atoms. The van der Waals surface area contributed by atoms with Crippen LogP contribution in [-0.4, -0.2) is 26.1 Å². The molecule has 5 nitrogen and oxygen atoms in total. The van der Waals surface area contributed by atoms with Gasteiger partial charge in [0.1, 0.15) is 0 Å². The fourth-order valence-electron chi connectivity index (χ4n) is 1.61. The Morgan fingerprint density at radius 3 is 2.75 bits per heavy atom. The Morgan fingerprint density at radius 2 is 2.19 bits per heavy atom. The van der Waals surface area contributed by atoms with Gasteiger partial charge >= 0.3 is 0 Å². The molecule has 0 aromatic carbocycles. The lowest BCUT2D eigenvalue weighted by Crippen LogP contribution is -2.23. The fraction of sp³-hybridized carbons (Fsp3) is 0.364. The van der Waals surface area contributed by atoms with E-state index in [-0.39, 0.29) is 6.04 Å². The Hall–Kier alpha value is -1.75. The van der Waals surface area contributed by atoms with Gasteiger partial charge in [0.15, 0.2) is 0 Å². The smallest absolute Gasteiger partial charge is 0.0956 e. The number of nitrogens with zero attached hydrogens (tertiary/aromatic N) is 4. The largest absolute Gasteiger partial charge is 0.340 e. The molecule has 0 aliphatic rings. The molecule has 2 aromatic rings. The molecule has 0 saturated heterocycles. The molecular formula is C11H15N5. The number of aromatic nitrogens is 4. The Labute approximate surface area is 94.6 Å². The molecule has 0 amide bonds. The van der Waals surface area contributed by atoms with Gasteiger partial charge in [-0.2, -0.15) is 0 Å². The summed E-state index contributed by atoms with van der Waals surface area (Å²) in [6, 6.07) is 0.0138. The Balaban J connectivity index is 2.31. The van der Waals surface area contributed by atoms with Gasteiger partial charge in [0.25, 0.3) is 0 Å². The van der Waals surface area contributed by atoms with Crippen molar-refractivity contribution in [2.75, 3.05) is 6.54 Å². The van der Waals surface area contributed by atoms with Crippen molar-refractivity contribution < 1.29 is 0 Å². The first-order valence-electron chi connectivity index (χ1n) is 5.28. The van der Waals surface area contributed by atoms with Crippen LogP contribution < -0.4 is 5.32 Å². The van der Waals surface area contributed by atoms with E-state index in [0.717, 1.165) is 17.9 Å². The first-order valence-corrected chi connectivity index (χ1v) is 5.28. The van der Waals surface area contributed by atoms with E-state index in [4.69, 9.17) is 0 Å². The molecule has 0 aliphatic carbocycles. The maximum atomic E-state index is 4.34. The quantitative estimate of drug-likeness (QED) is 0.827. The molecule has 84 valence electrons. The van der Waals surface area contributed by atoms with Crippen molar-refractivity contribution in [3.8, 4) is 0 Å². The molecule has 0 radical (unpaired) electrons. The van der Waals surface area contributed by atoms with E-state index in [0.29, 0.717) is 0 Å². The van der Waals surface area contributed by atoms with E-state index in [9.17, 15) is 0 Å². The van der Waals surface area contributed by atoms with E-state index in [1.165, 1.54) is 0 Å². The van der Waals surface area contributed by atoms with E-state index < -0.39 is 0 Å².